The van der Waals surface area contributed by atoms with Crippen molar-refractivity contribution < 1.29 is 4.74 Å². The molecule has 1 unspecified atom stereocenters. The molecule has 2 rings (SSSR count). The summed E-state index contributed by atoms with van der Waals surface area (Å²) in [4.78, 5) is 0. The first-order valence-electron chi connectivity index (χ1n) is 12.3. The van der Waals surface area contributed by atoms with E-state index in [0.717, 1.165) is 14.7 Å². The van der Waals surface area contributed by atoms with Gasteiger partial charge in [0.25, 0.3) is 0 Å². The van der Waals surface area contributed by atoms with E-state index < -0.39 is 5.72 Å². The lowest BCUT2D eigenvalue weighted by molar-refractivity contribution is -0.0649. The molecule has 0 aromatic heterocycles. The maximum Gasteiger partial charge on any atom is 0.187 e. The van der Waals surface area contributed by atoms with Gasteiger partial charge in [-0.15, -0.1) is 0 Å². The third kappa shape index (κ3) is 10.5. The maximum atomic E-state index is 6.24. The molecule has 206 valence electrons. The number of ether oxygens (including phenoxy) is 1. The quantitative estimate of drug-likeness (QED) is 0.0786. The SMILES string of the molecule is CNC(=S)N/N=C(/C(=N/NC(=S)NC(C)(C)CCOC(C)(N)C(C)C)c1ccccc1)c1ccc(I)cc1. The molecule has 0 spiro atoms. The molecule has 38 heavy (non-hydrogen) atoms. The Morgan fingerprint density at radius 2 is 1.45 bits per heavy atom. The second-order valence-electron chi connectivity index (χ2n) is 9.87. The number of rotatable bonds is 11. The molecule has 0 bridgehead atoms. The first-order valence-corrected chi connectivity index (χ1v) is 14.2. The van der Waals surface area contributed by atoms with E-state index in [0.29, 0.717) is 34.7 Å². The monoisotopic (exact) mass is 667 g/mol. The van der Waals surface area contributed by atoms with Crippen LogP contribution in [0, 0.1) is 9.49 Å². The predicted octanol–water partition coefficient (Wildman–Crippen LogP) is 4.47. The van der Waals surface area contributed by atoms with Crippen molar-refractivity contribution in [2.75, 3.05) is 13.7 Å². The highest BCUT2D eigenvalue weighted by Crippen LogP contribution is 2.17. The van der Waals surface area contributed by atoms with Crippen molar-refractivity contribution in [3.8, 4) is 0 Å². The molecule has 0 aliphatic rings. The Kier molecular flexibility index (Phi) is 12.5. The van der Waals surface area contributed by atoms with Crippen LogP contribution in [-0.4, -0.2) is 46.6 Å². The average Bonchev–Trinajstić information content (AvgIpc) is 2.86. The number of hydrogen-bond acceptors (Lipinski definition) is 6. The Bertz CT molecular complexity index is 1130. The van der Waals surface area contributed by atoms with Crippen molar-refractivity contribution in [1.29, 1.82) is 0 Å². The van der Waals surface area contributed by atoms with Crippen LogP contribution < -0.4 is 27.2 Å². The summed E-state index contributed by atoms with van der Waals surface area (Å²) in [6.45, 7) is 10.6. The van der Waals surface area contributed by atoms with Crippen LogP contribution in [0.2, 0.25) is 0 Å². The molecule has 11 heteroatoms. The first kappa shape index (κ1) is 32.0. The molecule has 0 amide bonds. The summed E-state index contributed by atoms with van der Waals surface area (Å²) < 4.78 is 7.03. The highest BCUT2D eigenvalue weighted by molar-refractivity contribution is 14.1. The van der Waals surface area contributed by atoms with Crippen molar-refractivity contribution in [2.24, 2.45) is 21.9 Å². The van der Waals surface area contributed by atoms with Gasteiger partial charge in [-0.1, -0.05) is 56.3 Å². The number of nitrogens with zero attached hydrogens (tertiary/aromatic N) is 2. The summed E-state index contributed by atoms with van der Waals surface area (Å²) >= 11 is 13.1. The fraction of sp³-hybridized carbons (Fsp3) is 0.407. The molecular weight excluding hydrogens is 629 g/mol. The number of halogens is 1. The topological polar surface area (TPSA) is 108 Å². The molecule has 6 N–H and O–H groups in total. The van der Waals surface area contributed by atoms with Gasteiger partial charge in [-0.3, -0.25) is 10.9 Å². The van der Waals surface area contributed by atoms with Gasteiger partial charge in [0.1, 0.15) is 17.1 Å². The van der Waals surface area contributed by atoms with Crippen molar-refractivity contribution in [1.82, 2.24) is 21.5 Å². The minimum absolute atomic E-state index is 0.202. The summed E-state index contributed by atoms with van der Waals surface area (Å²) in [6, 6.07) is 17.8. The van der Waals surface area contributed by atoms with E-state index in [2.05, 4.69) is 63.0 Å². The van der Waals surface area contributed by atoms with Crippen molar-refractivity contribution in [3.63, 3.8) is 0 Å². The van der Waals surface area contributed by atoms with Gasteiger partial charge in [0.05, 0.1) is 6.61 Å². The average molecular weight is 668 g/mol. The van der Waals surface area contributed by atoms with E-state index in [1.165, 1.54) is 0 Å². The first-order chi connectivity index (χ1) is 17.8. The summed E-state index contributed by atoms with van der Waals surface area (Å²) in [6.07, 6.45) is 0.699. The van der Waals surface area contributed by atoms with Gasteiger partial charge in [-0.25, -0.2) is 0 Å². The van der Waals surface area contributed by atoms with Crippen LogP contribution in [0.3, 0.4) is 0 Å². The molecule has 0 saturated heterocycles. The van der Waals surface area contributed by atoms with Gasteiger partial charge >= 0.3 is 0 Å². The fourth-order valence-electron chi connectivity index (χ4n) is 3.07. The number of nitrogens with two attached hydrogens (primary N) is 1. The Labute approximate surface area is 250 Å². The second kappa shape index (κ2) is 14.8. The Hall–Kier alpha value is -2.19. The molecule has 8 nitrogen and oxygen atoms in total. The van der Waals surface area contributed by atoms with Gasteiger partial charge in [0.2, 0.25) is 0 Å². The van der Waals surface area contributed by atoms with E-state index in [1.54, 1.807) is 7.05 Å². The van der Waals surface area contributed by atoms with Crippen LogP contribution in [-0.2, 0) is 4.74 Å². The lowest BCUT2D eigenvalue weighted by atomic mass is 10.00. The molecule has 0 saturated carbocycles. The number of hydrazone groups is 2. The zero-order valence-electron chi connectivity index (χ0n) is 22.8. The third-order valence-electron chi connectivity index (χ3n) is 5.89. The van der Waals surface area contributed by atoms with E-state index in [9.17, 15) is 0 Å². The lowest BCUT2D eigenvalue weighted by Crippen LogP contribution is -2.49. The predicted molar refractivity (Wildman–Crippen MR) is 174 cm³/mol. The number of benzene rings is 2. The van der Waals surface area contributed by atoms with Crippen molar-refractivity contribution in [2.45, 2.75) is 52.3 Å². The van der Waals surface area contributed by atoms with Gasteiger partial charge in [0, 0.05) is 27.3 Å². The molecule has 0 aliphatic heterocycles. The molecular formula is C27H38IN7OS2. The second-order valence-corrected chi connectivity index (χ2v) is 11.9. The highest BCUT2D eigenvalue weighted by Gasteiger charge is 2.26. The van der Waals surface area contributed by atoms with Crippen molar-refractivity contribution in [3.05, 3.63) is 69.3 Å². The van der Waals surface area contributed by atoms with Crippen LogP contribution >= 0.6 is 47.0 Å². The van der Waals surface area contributed by atoms with E-state index in [4.69, 9.17) is 40.0 Å². The number of hydrogen-bond donors (Lipinski definition) is 5. The normalized spacial score (nSPS) is 14.0. The van der Waals surface area contributed by atoms with Gasteiger partial charge in [-0.05, 0) is 92.3 Å². The molecule has 2 aromatic carbocycles. The maximum absolute atomic E-state index is 6.24. The largest absolute Gasteiger partial charge is 0.364 e. The molecule has 2 aromatic rings. The van der Waals surface area contributed by atoms with Crippen LogP contribution in [0.5, 0.6) is 0 Å². The molecule has 0 fully saturated rings. The van der Waals surface area contributed by atoms with Gasteiger partial charge in [0.15, 0.2) is 10.2 Å². The van der Waals surface area contributed by atoms with Gasteiger partial charge in [-0.2, -0.15) is 10.2 Å². The Morgan fingerprint density at radius 3 is 1.97 bits per heavy atom. The highest BCUT2D eigenvalue weighted by atomic mass is 127. The standard InChI is InChI=1S/C27H38IN7OS2/c1-18(2)27(5,29)36-17-16-26(3,4)31-25(38)35-33-22(19-10-8-7-9-11-19)23(32-34-24(37)30-6)20-12-14-21(28)15-13-20/h7-15,18H,16-17,29H2,1-6H3,(H2,30,34,37)(H2,31,35,38)/b32-23+,33-22+. The number of nitrogens with one attached hydrogen (secondary N) is 4. The zero-order valence-corrected chi connectivity index (χ0v) is 26.6. The van der Waals surface area contributed by atoms with E-state index in [-0.39, 0.29) is 11.5 Å². The lowest BCUT2D eigenvalue weighted by Gasteiger charge is -2.32. The Morgan fingerprint density at radius 1 is 0.921 bits per heavy atom. The molecule has 0 radical (unpaired) electrons. The minimum atomic E-state index is -0.682. The zero-order chi connectivity index (χ0) is 28.3. The summed E-state index contributed by atoms with van der Waals surface area (Å²) in [5, 5.41) is 16.3. The summed E-state index contributed by atoms with van der Waals surface area (Å²) in [5.74, 6) is 0.202. The summed E-state index contributed by atoms with van der Waals surface area (Å²) in [5.41, 5.74) is 14.0. The third-order valence-corrected chi connectivity index (χ3v) is 7.10. The minimum Gasteiger partial charge on any atom is -0.364 e. The molecule has 0 heterocycles. The van der Waals surface area contributed by atoms with Gasteiger partial charge < -0.3 is 21.1 Å². The summed E-state index contributed by atoms with van der Waals surface area (Å²) in [7, 11) is 1.73. The fourth-order valence-corrected chi connectivity index (χ4v) is 3.80. The van der Waals surface area contributed by atoms with Crippen LogP contribution in [0.25, 0.3) is 0 Å². The number of thiocarbonyl (C=S) groups is 2. The van der Waals surface area contributed by atoms with E-state index in [1.807, 2.05) is 75.4 Å². The van der Waals surface area contributed by atoms with Crippen LogP contribution in [0.4, 0.5) is 0 Å². The van der Waals surface area contributed by atoms with Crippen LogP contribution in [0.1, 0.15) is 52.2 Å². The molecule has 0 aliphatic carbocycles. The van der Waals surface area contributed by atoms with Crippen LogP contribution in [0.15, 0.2) is 64.8 Å². The Balaban J connectivity index is 2.29. The molecule has 1 atom stereocenters. The van der Waals surface area contributed by atoms with E-state index >= 15 is 0 Å². The van der Waals surface area contributed by atoms with Crippen molar-refractivity contribution >= 4 is 68.7 Å². The smallest absolute Gasteiger partial charge is 0.187 e.